The second-order valence-electron chi connectivity index (χ2n) is 6.62. The SMILES string of the molecule is COc1cc(CNC(=O)c2cccc(OCc3ccccc3Cl)c2)cc(OC)c1OC. The van der Waals surface area contributed by atoms with Crippen LogP contribution in [0.25, 0.3) is 0 Å². The summed E-state index contributed by atoms with van der Waals surface area (Å²) in [6.45, 7) is 0.608. The molecule has 162 valence electrons. The van der Waals surface area contributed by atoms with Gasteiger partial charge in [0.1, 0.15) is 12.4 Å². The minimum Gasteiger partial charge on any atom is -0.493 e. The zero-order valence-corrected chi connectivity index (χ0v) is 18.4. The molecule has 0 aliphatic heterocycles. The largest absolute Gasteiger partial charge is 0.493 e. The number of rotatable bonds is 9. The highest BCUT2D eigenvalue weighted by atomic mass is 35.5. The summed E-state index contributed by atoms with van der Waals surface area (Å²) in [5.41, 5.74) is 2.18. The van der Waals surface area contributed by atoms with E-state index in [4.69, 9.17) is 30.5 Å². The minimum atomic E-state index is -0.225. The number of hydrogen-bond acceptors (Lipinski definition) is 5. The average Bonchev–Trinajstić information content (AvgIpc) is 2.81. The molecular formula is C24H24ClNO5. The predicted octanol–water partition coefficient (Wildman–Crippen LogP) is 4.87. The first-order valence-corrected chi connectivity index (χ1v) is 9.97. The molecule has 3 rings (SSSR count). The van der Waals surface area contributed by atoms with Gasteiger partial charge in [0.05, 0.1) is 21.3 Å². The molecule has 0 heterocycles. The molecule has 0 saturated carbocycles. The van der Waals surface area contributed by atoms with Crippen molar-refractivity contribution in [3.05, 3.63) is 82.4 Å². The number of nitrogens with one attached hydrogen (secondary N) is 1. The molecule has 0 aromatic heterocycles. The molecule has 31 heavy (non-hydrogen) atoms. The molecule has 7 heteroatoms. The van der Waals surface area contributed by atoms with Crippen molar-refractivity contribution in [3.8, 4) is 23.0 Å². The average molecular weight is 442 g/mol. The third kappa shape index (κ3) is 5.61. The monoisotopic (exact) mass is 441 g/mol. The number of ether oxygens (including phenoxy) is 4. The van der Waals surface area contributed by atoms with Crippen molar-refractivity contribution in [1.82, 2.24) is 5.32 Å². The Morgan fingerprint density at radius 3 is 2.26 bits per heavy atom. The van der Waals surface area contributed by atoms with Crippen LogP contribution in [0.5, 0.6) is 23.0 Å². The van der Waals surface area contributed by atoms with Gasteiger partial charge in [0.25, 0.3) is 5.91 Å². The van der Waals surface area contributed by atoms with E-state index >= 15 is 0 Å². The summed E-state index contributed by atoms with van der Waals surface area (Å²) >= 11 is 6.16. The van der Waals surface area contributed by atoms with Crippen LogP contribution in [0.2, 0.25) is 5.02 Å². The molecular weight excluding hydrogens is 418 g/mol. The number of hydrogen-bond donors (Lipinski definition) is 1. The first-order chi connectivity index (χ1) is 15.0. The molecule has 6 nitrogen and oxygen atoms in total. The standard InChI is InChI=1S/C24H24ClNO5/c1-28-21-11-16(12-22(29-2)23(21)30-3)14-26-24(27)17-8-6-9-19(13-17)31-15-18-7-4-5-10-20(18)25/h4-13H,14-15H2,1-3H3,(H,26,27). The summed E-state index contributed by atoms with van der Waals surface area (Å²) in [4.78, 5) is 12.7. The van der Waals surface area contributed by atoms with Crippen molar-refractivity contribution in [2.24, 2.45) is 0 Å². The molecule has 3 aromatic carbocycles. The van der Waals surface area contributed by atoms with Gasteiger partial charge in [-0.3, -0.25) is 4.79 Å². The highest BCUT2D eigenvalue weighted by molar-refractivity contribution is 6.31. The van der Waals surface area contributed by atoms with Crippen LogP contribution in [0.15, 0.2) is 60.7 Å². The molecule has 1 amide bonds. The van der Waals surface area contributed by atoms with Gasteiger partial charge in [0.2, 0.25) is 5.75 Å². The van der Waals surface area contributed by atoms with Gasteiger partial charge in [-0.1, -0.05) is 35.9 Å². The Kier molecular flexibility index (Phi) is 7.62. The zero-order chi connectivity index (χ0) is 22.2. The Balaban J connectivity index is 1.66. The molecule has 0 saturated heterocycles. The molecule has 0 aliphatic carbocycles. The molecule has 3 aromatic rings. The quantitative estimate of drug-likeness (QED) is 0.513. The molecule has 0 aliphatic rings. The summed E-state index contributed by atoms with van der Waals surface area (Å²) < 4.78 is 21.8. The van der Waals surface area contributed by atoms with Gasteiger partial charge < -0.3 is 24.3 Å². The van der Waals surface area contributed by atoms with Gasteiger partial charge in [-0.25, -0.2) is 0 Å². The van der Waals surface area contributed by atoms with E-state index in [1.807, 2.05) is 24.3 Å². The fraction of sp³-hybridized carbons (Fsp3) is 0.208. The number of carbonyl (C=O) groups excluding carboxylic acids is 1. The molecule has 0 spiro atoms. The summed E-state index contributed by atoms with van der Waals surface area (Å²) in [6.07, 6.45) is 0. The Morgan fingerprint density at radius 2 is 1.61 bits per heavy atom. The van der Waals surface area contributed by atoms with E-state index < -0.39 is 0 Å². The van der Waals surface area contributed by atoms with E-state index in [9.17, 15) is 4.79 Å². The fourth-order valence-corrected chi connectivity index (χ4v) is 3.22. The predicted molar refractivity (Wildman–Crippen MR) is 119 cm³/mol. The molecule has 0 unspecified atom stereocenters. The summed E-state index contributed by atoms with van der Waals surface area (Å²) in [6, 6.07) is 18.1. The van der Waals surface area contributed by atoms with E-state index in [1.165, 1.54) is 0 Å². The first kappa shape index (κ1) is 22.3. The molecule has 1 N–H and O–H groups in total. The van der Waals surface area contributed by atoms with Crippen LogP contribution in [0.4, 0.5) is 0 Å². The third-order valence-corrected chi connectivity index (χ3v) is 4.99. The lowest BCUT2D eigenvalue weighted by atomic mass is 10.1. The van der Waals surface area contributed by atoms with Crippen molar-refractivity contribution >= 4 is 17.5 Å². The van der Waals surface area contributed by atoms with E-state index in [0.717, 1.165) is 11.1 Å². The smallest absolute Gasteiger partial charge is 0.251 e. The van der Waals surface area contributed by atoms with Crippen LogP contribution in [-0.2, 0) is 13.2 Å². The maximum absolute atomic E-state index is 12.7. The van der Waals surface area contributed by atoms with Crippen molar-refractivity contribution < 1.29 is 23.7 Å². The second-order valence-corrected chi connectivity index (χ2v) is 7.03. The van der Waals surface area contributed by atoms with Gasteiger partial charge in [0, 0.05) is 22.7 Å². The van der Waals surface area contributed by atoms with Crippen molar-refractivity contribution in [2.45, 2.75) is 13.2 Å². The highest BCUT2D eigenvalue weighted by Crippen LogP contribution is 2.38. The molecule has 0 radical (unpaired) electrons. The van der Waals surface area contributed by atoms with Gasteiger partial charge in [0.15, 0.2) is 11.5 Å². The zero-order valence-electron chi connectivity index (χ0n) is 17.6. The number of halogens is 1. The van der Waals surface area contributed by atoms with Gasteiger partial charge >= 0.3 is 0 Å². The van der Waals surface area contributed by atoms with E-state index in [-0.39, 0.29) is 5.91 Å². The number of amides is 1. The van der Waals surface area contributed by atoms with Gasteiger partial charge in [-0.2, -0.15) is 0 Å². The lowest BCUT2D eigenvalue weighted by Gasteiger charge is -2.14. The van der Waals surface area contributed by atoms with Crippen molar-refractivity contribution in [3.63, 3.8) is 0 Å². The molecule has 0 atom stereocenters. The topological polar surface area (TPSA) is 66.0 Å². The van der Waals surface area contributed by atoms with Gasteiger partial charge in [-0.15, -0.1) is 0 Å². The first-order valence-electron chi connectivity index (χ1n) is 9.59. The normalized spacial score (nSPS) is 10.3. The van der Waals surface area contributed by atoms with Crippen molar-refractivity contribution in [1.29, 1.82) is 0 Å². The number of benzene rings is 3. The summed E-state index contributed by atoms with van der Waals surface area (Å²) in [7, 11) is 4.64. The maximum atomic E-state index is 12.7. The van der Waals surface area contributed by atoms with Crippen LogP contribution in [0, 0.1) is 0 Å². The van der Waals surface area contributed by atoms with E-state index in [2.05, 4.69) is 5.32 Å². The number of carbonyl (C=O) groups is 1. The third-order valence-electron chi connectivity index (χ3n) is 4.63. The Hall–Kier alpha value is -3.38. The van der Waals surface area contributed by atoms with Crippen LogP contribution < -0.4 is 24.3 Å². The van der Waals surface area contributed by atoms with E-state index in [0.29, 0.717) is 46.7 Å². The second kappa shape index (κ2) is 10.6. The fourth-order valence-electron chi connectivity index (χ4n) is 3.03. The summed E-state index contributed by atoms with van der Waals surface area (Å²) in [5, 5.41) is 3.54. The lowest BCUT2D eigenvalue weighted by Crippen LogP contribution is -2.22. The minimum absolute atomic E-state index is 0.225. The number of methoxy groups -OCH3 is 3. The van der Waals surface area contributed by atoms with Crippen LogP contribution in [-0.4, -0.2) is 27.2 Å². The molecule has 0 fully saturated rings. The maximum Gasteiger partial charge on any atom is 0.251 e. The van der Waals surface area contributed by atoms with E-state index in [1.54, 1.807) is 57.7 Å². The van der Waals surface area contributed by atoms with Crippen LogP contribution >= 0.6 is 11.6 Å². The lowest BCUT2D eigenvalue weighted by molar-refractivity contribution is 0.0950. The Labute approximate surface area is 186 Å². The van der Waals surface area contributed by atoms with Gasteiger partial charge in [-0.05, 0) is 42.0 Å². The van der Waals surface area contributed by atoms with Crippen LogP contribution in [0.1, 0.15) is 21.5 Å². The molecule has 0 bridgehead atoms. The summed E-state index contributed by atoms with van der Waals surface area (Å²) in [5.74, 6) is 1.92. The van der Waals surface area contributed by atoms with Crippen LogP contribution in [0.3, 0.4) is 0 Å². The Morgan fingerprint density at radius 1 is 0.903 bits per heavy atom. The Bertz CT molecular complexity index is 1030. The van der Waals surface area contributed by atoms with Crippen molar-refractivity contribution in [2.75, 3.05) is 21.3 Å². The highest BCUT2D eigenvalue weighted by Gasteiger charge is 2.14.